The van der Waals surface area contributed by atoms with E-state index in [0.717, 1.165) is 16.1 Å². The molecule has 10 nitrogen and oxygen atoms in total. The lowest BCUT2D eigenvalue weighted by atomic mass is 9.49. The number of carbonyl (C=O) groups excluding carboxylic acids is 4. The largest absolute Gasteiger partial charge is 0.502 e. The zero-order chi connectivity index (χ0) is 37.2. The Kier molecular flexibility index (Phi) is 8.48. The SMILES string of the molecule is COc1cc(C2C3=CCC4C(=O)N(Cc5ccccc5)C(=O)C4C3CC3C(=O)N(Nc4ccc(F)cc4)C(=O)C32c2ccc(Cl)cc2)cc(OC)c1O. The Bertz CT molecular complexity index is 2150. The zero-order valence-electron chi connectivity index (χ0n) is 28.8. The number of benzene rings is 4. The van der Waals surface area contributed by atoms with Crippen molar-refractivity contribution in [2.24, 2.45) is 23.7 Å². The van der Waals surface area contributed by atoms with Gasteiger partial charge >= 0.3 is 0 Å². The number of nitrogens with zero attached hydrogens (tertiary/aromatic N) is 2. The van der Waals surface area contributed by atoms with Crippen LogP contribution in [0.3, 0.4) is 0 Å². The standard InChI is InChI=1S/C41H35ClFN3O7/c1-52-32-18-23(19-33(53-2)36(32)47)35-28-16-17-29-34(39(50)45(37(29)48)21-22-6-4-3-5-7-22)30(28)20-31-38(49)46(44-27-14-12-26(43)13-15-27)40(51)41(31,35)24-8-10-25(42)11-9-24/h3-16,18-19,29-31,34-35,44,47H,17,20-21H2,1-2H3. The summed E-state index contributed by atoms with van der Waals surface area (Å²) in [5.74, 6) is -6.25. The van der Waals surface area contributed by atoms with Gasteiger partial charge in [0.1, 0.15) is 5.82 Å². The highest BCUT2D eigenvalue weighted by atomic mass is 35.5. The van der Waals surface area contributed by atoms with Gasteiger partial charge in [0.15, 0.2) is 11.5 Å². The first-order valence-corrected chi connectivity index (χ1v) is 17.7. The predicted octanol–water partition coefficient (Wildman–Crippen LogP) is 6.39. The van der Waals surface area contributed by atoms with E-state index < -0.39 is 52.6 Å². The molecule has 0 aromatic heterocycles. The third kappa shape index (κ3) is 5.28. The van der Waals surface area contributed by atoms with Crippen LogP contribution in [0.25, 0.3) is 0 Å². The highest BCUT2D eigenvalue weighted by Crippen LogP contribution is 2.65. The molecule has 4 aromatic carbocycles. The zero-order valence-corrected chi connectivity index (χ0v) is 29.5. The number of allylic oxidation sites excluding steroid dienone is 2. The van der Waals surface area contributed by atoms with Gasteiger partial charge in [0.05, 0.1) is 49.6 Å². The van der Waals surface area contributed by atoms with Gasteiger partial charge in [-0.3, -0.25) is 29.5 Å². The minimum Gasteiger partial charge on any atom is -0.502 e. The number of methoxy groups -OCH3 is 2. The van der Waals surface area contributed by atoms with Crippen molar-refractivity contribution < 1.29 is 38.1 Å². The number of imide groups is 2. The predicted molar refractivity (Wildman–Crippen MR) is 192 cm³/mol. The van der Waals surface area contributed by atoms with Crippen molar-refractivity contribution in [2.75, 3.05) is 19.6 Å². The van der Waals surface area contributed by atoms with Crippen molar-refractivity contribution in [3.8, 4) is 17.2 Å². The summed E-state index contributed by atoms with van der Waals surface area (Å²) in [6.07, 6.45) is 2.28. The Labute approximate surface area is 309 Å². The number of rotatable bonds is 8. The number of nitrogens with one attached hydrogen (secondary N) is 1. The molecule has 2 aliphatic heterocycles. The lowest BCUT2D eigenvalue weighted by molar-refractivity contribution is -0.142. The summed E-state index contributed by atoms with van der Waals surface area (Å²) in [4.78, 5) is 59.9. The first kappa shape index (κ1) is 34.4. The molecule has 8 rings (SSSR count). The fourth-order valence-electron chi connectivity index (χ4n) is 9.10. The maximum atomic E-state index is 15.3. The Morgan fingerprint density at radius 3 is 2.17 bits per heavy atom. The molecule has 4 aliphatic rings. The minimum absolute atomic E-state index is 0.0813. The van der Waals surface area contributed by atoms with E-state index in [2.05, 4.69) is 5.43 Å². The third-order valence-electron chi connectivity index (χ3n) is 11.4. The Morgan fingerprint density at radius 1 is 0.868 bits per heavy atom. The van der Waals surface area contributed by atoms with Crippen molar-refractivity contribution in [3.05, 3.63) is 130 Å². The van der Waals surface area contributed by atoms with E-state index in [1.165, 1.54) is 43.4 Å². The van der Waals surface area contributed by atoms with E-state index in [1.54, 1.807) is 36.4 Å². The number of carbonyl (C=O) groups is 4. The van der Waals surface area contributed by atoms with Crippen LogP contribution >= 0.6 is 11.6 Å². The molecule has 4 amide bonds. The normalized spacial score (nSPS) is 26.2. The molecule has 6 unspecified atom stereocenters. The number of hydrogen-bond acceptors (Lipinski definition) is 8. The quantitative estimate of drug-likeness (QED) is 0.158. The molecule has 2 heterocycles. The van der Waals surface area contributed by atoms with Gasteiger partial charge in [0.2, 0.25) is 17.6 Å². The van der Waals surface area contributed by atoms with E-state index in [1.807, 2.05) is 36.4 Å². The number of anilines is 1. The van der Waals surface area contributed by atoms with Gasteiger partial charge in [-0.2, -0.15) is 5.01 Å². The van der Waals surface area contributed by atoms with Crippen LogP contribution in [-0.4, -0.2) is 52.9 Å². The maximum Gasteiger partial charge on any atom is 0.260 e. The average molecular weight is 736 g/mol. The number of fused-ring (bicyclic) bond motifs is 4. The molecule has 4 aromatic rings. The van der Waals surface area contributed by atoms with Gasteiger partial charge in [-0.15, -0.1) is 0 Å². The van der Waals surface area contributed by atoms with Gasteiger partial charge in [-0.25, -0.2) is 4.39 Å². The highest BCUT2D eigenvalue weighted by molar-refractivity contribution is 6.30. The lowest BCUT2D eigenvalue weighted by Gasteiger charge is -2.50. The summed E-state index contributed by atoms with van der Waals surface area (Å²) < 4.78 is 25.0. The molecule has 0 spiro atoms. The van der Waals surface area contributed by atoms with Crippen LogP contribution in [0, 0.1) is 29.5 Å². The Balaban J connectivity index is 1.33. The number of amides is 4. The number of hydrazine groups is 1. The number of hydrogen-bond donors (Lipinski definition) is 2. The molecule has 1 saturated carbocycles. The van der Waals surface area contributed by atoms with E-state index in [-0.39, 0.29) is 48.4 Å². The molecule has 53 heavy (non-hydrogen) atoms. The first-order chi connectivity index (χ1) is 25.6. The van der Waals surface area contributed by atoms with Gasteiger partial charge in [-0.1, -0.05) is 65.7 Å². The topological polar surface area (TPSA) is 125 Å². The highest BCUT2D eigenvalue weighted by Gasteiger charge is 2.70. The molecule has 6 atom stereocenters. The summed E-state index contributed by atoms with van der Waals surface area (Å²) in [6.45, 7) is 0.119. The fraction of sp³-hybridized carbons (Fsp3) is 0.268. The Morgan fingerprint density at radius 2 is 1.53 bits per heavy atom. The molecule has 2 aliphatic carbocycles. The van der Waals surface area contributed by atoms with E-state index >= 15 is 4.79 Å². The second-order valence-corrected chi connectivity index (χ2v) is 14.3. The van der Waals surface area contributed by atoms with Crippen LogP contribution in [0.5, 0.6) is 17.2 Å². The van der Waals surface area contributed by atoms with E-state index in [9.17, 15) is 23.9 Å². The van der Waals surface area contributed by atoms with Gasteiger partial charge in [0, 0.05) is 10.9 Å². The van der Waals surface area contributed by atoms with Crippen molar-refractivity contribution >= 4 is 40.9 Å². The molecular weight excluding hydrogens is 701 g/mol. The average Bonchev–Trinajstić information content (AvgIpc) is 3.53. The summed E-state index contributed by atoms with van der Waals surface area (Å²) in [7, 11) is 2.79. The van der Waals surface area contributed by atoms with Crippen molar-refractivity contribution in [1.82, 2.24) is 9.91 Å². The second-order valence-electron chi connectivity index (χ2n) is 13.9. The van der Waals surface area contributed by atoms with Crippen LogP contribution in [0.2, 0.25) is 5.02 Å². The summed E-state index contributed by atoms with van der Waals surface area (Å²) in [6, 6.07) is 24.6. The molecule has 2 N–H and O–H groups in total. The lowest BCUT2D eigenvalue weighted by Crippen LogP contribution is -2.53. The number of phenols is 1. The van der Waals surface area contributed by atoms with Crippen LogP contribution in [0.1, 0.15) is 35.4 Å². The van der Waals surface area contributed by atoms with Crippen molar-refractivity contribution in [1.29, 1.82) is 0 Å². The van der Waals surface area contributed by atoms with Crippen LogP contribution in [-0.2, 0) is 31.1 Å². The van der Waals surface area contributed by atoms with Crippen LogP contribution < -0.4 is 14.9 Å². The molecule has 0 radical (unpaired) electrons. The van der Waals surface area contributed by atoms with Crippen molar-refractivity contribution in [3.63, 3.8) is 0 Å². The minimum atomic E-state index is -1.60. The van der Waals surface area contributed by atoms with Gasteiger partial charge < -0.3 is 14.6 Å². The summed E-state index contributed by atoms with van der Waals surface area (Å²) >= 11 is 6.38. The number of aromatic hydroxyl groups is 1. The monoisotopic (exact) mass is 735 g/mol. The van der Waals surface area contributed by atoms with Crippen molar-refractivity contribution in [2.45, 2.75) is 30.7 Å². The smallest absolute Gasteiger partial charge is 0.260 e. The van der Waals surface area contributed by atoms with E-state index in [4.69, 9.17) is 21.1 Å². The second kappa shape index (κ2) is 13.1. The first-order valence-electron chi connectivity index (χ1n) is 17.3. The van der Waals surface area contributed by atoms with E-state index in [0.29, 0.717) is 21.8 Å². The Hall–Kier alpha value is -5.68. The van der Waals surface area contributed by atoms with Crippen LogP contribution in [0.15, 0.2) is 103 Å². The summed E-state index contributed by atoms with van der Waals surface area (Å²) in [5.41, 5.74) is 4.18. The molecule has 3 fully saturated rings. The molecule has 0 bridgehead atoms. The number of likely N-dealkylation sites (tertiary alicyclic amines) is 1. The molecular formula is C41H35ClFN3O7. The van der Waals surface area contributed by atoms with Gasteiger partial charge in [-0.05, 0) is 84.0 Å². The number of phenolic OH excluding ortho intramolecular Hbond substituents is 1. The fourth-order valence-corrected chi connectivity index (χ4v) is 9.22. The molecule has 2 saturated heterocycles. The number of ether oxygens (including phenoxy) is 2. The molecule has 270 valence electrons. The number of halogens is 2. The third-order valence-corrected chi connectivity index (χ3v) is 11.6. The summed E-state index contributed by atoms with van der Waals surface area (Å²) in [5, 5.41) is 12.4. The van der Waals surface area contributed by atoms with Gasteiger partial charge in [0.25, 0.3) is 11.8 Å². The molecule has 12 heteroatoms. The maximum absolute atomic E-state index is 15.3. The van der Waals surface area contributed by atoms with Crippen LogP contribution in [0.4, 0.5) is 10.1 Å².